The van der Waals surface area contributed by atoms with E-state index < -0.39 is 67.0 Å². The first-order valence-electron chi connectivity index (χ1n) is 12.4. The van der Waals surface area contributed by atoms with Crippen LogP contribution in [0.5, 0.6) is 5.75 Å². The lowest BCUT2D eigenvalue weighted by Crippen LogP contribution is -2.67. The summed E-state index contributed by atoms with van der Waals surface area (Å²) in [4.78, 5) is 60.4. The normalized spacial score (nSPS) is 21.9. The van der Waals surface area contributed by atoms with E-state index in [0.717, 1.165) is 33.3 Å². The van der Waals surface area contributed by atoms with Crippen molar-refractivity contribution in [2.45, 2.75) is 64.9 Å². The Morgan fingerprint density at radius 2 is 1.35 bits per heavy atom. The van der Waals surface area contributed by atoms with Crippen molar-refractivity contribution >= 4 is 29.8 Å². The van der Waals surface area contributed by atoms with E-state index in [1.165, 1.54) is 12.1 Å². The third kappa shape index (κ3) is 8.80. The standard InChI is InChI=1S/C28H31NO11/c1-16(30)35-15-23-25(37-17(2)31)26(38-18(3)32)24(28(40-23)39-19(4)33)29-27(34)21-10-12-22(13-11-21)36-14-20-8-6-5-7-9-20/h5-13,23-26,28H,14-15H2,1-4H3,(H,29,34)/t23-,24+,25+,26-,28-/m0/s1. The second-order valence-electron chi connectivity index (χ2n) is 8.90. The number of carbonyl (C=O) groups is 5. The first kappa shape index (κ1) is 30.1. The fraction of sp³-hybridized carbons (Fsp3) is 0.393. The molecule has 5 atom stereocenters. The Balaban J connectivity index is 1.83. The van der Waals surface area contributed by atoms with Crippen molar-refractivity contribution in [3.8, 4) is 5.75 Å². The molecule has 214 valence electrons. The lowest BCUT2D eigenvalue weighted by molar-refractivity contribution is -0.270. The molecule has 1 N–H and O–H groups in total. The molecule has 0 spiro atoms. The van der Waals surface area contributed by atoms with Crippen molar-refractivity contribution < 1.29 is 52.4 Å². The quantitative estimate of drug-likeness (QED) is 0.337. The predicted octanol–water partition coefficient (Wildman–Crippen LogP) is 2.08. The Bertz CT molecular complexity index is 1200. The van der Waals surface area contributed by atoms with Crippen LogP contribution in [0.2, 0.25) is 0 Å². The van der Waals surface area contributed by atoms with Crippen molar-refractivity contribution in [3.05, 3.63) is 65.7 Å². The third-order valence-corrected chi connectivity index (χ3v) is 5.65. The van der Waals surface area contributed by atoms with Crippen LogP contribution in [-0.2, 0) is 49.5 Å². The van der Waals surface area contributed by atoms with E-state index in [9.17, 15) is 24.0 Å². The molecule has 12 nitrogen and oxygen atoms in total. The van der Waals surface area contributed by atoms with Crippen LogP contribution in [0, 0.1) is 0 Å². The van der Waals surface area contributed by atoms with E-state index in [4.69, 9.17) is 28.4 Å². The lowest BCUT2D eigenvalue weighted by atomic mass is 9.95. The largest absolute Gasteiger partial charge is 0.489 e. The number of carbonyl (C=O) groups excluding carboxylic acids is 5. The van der Waals surface area contributed by atoms with Gasteiger partial charge in [-0.1, -0.05) is 30.3 Å². The summed E-state index contributed by atoms with van der Waals surface area (Å²) >= 11 is 0. The molecule has 1 fully saturated rings. The Labute approximate surface area is 230 Å². The maximum atomic E-state index is 13.2. The maximum Gasteiger partial charge on any atom is 0.305 e. The summed E-state index contributed by atoms with van der Waals surface area (Å²) < 4.78 is 32.6. The molecule has 1 aliphatic rings. The summed E-state index contributed by atoms with van der Waals surface area (Å²) in [5.41, 5.74) is 1.19. The number of rotatable bonds is 10. The van der Waals surface area contributed by atoms with Crippen LogP contribution in [0.15, 0.2) is 54.6 Å². The van der Waals surface area contributed by atoms with Crippen LogP contribution in [0.3, 0.4) is 0 Å². The molecule has 0 bridgehead atoms. The van der Waals surface area contributed by atoms with Crippen molar-refractivity contribution in [1.29, 1.82) is 0 Å². The summed E-state index contributed by atoms with van der Waals surface area (Å²) in [6.45, 7) is 4.46. The van der Waals surface area contributed by atoms with Gasteiger partial charge in [0.15, 0.2) is 12.2 Å². The van der Waals surface area contributed by atoms with E-state index in [1.807, 2.05) is 30.3 Å². The zero-order valence-electron chi connectivity index (χ0n) is 22.5. The van der Waals surface area contributed by atoms with Crippen molar-refractivity contribution in [3.63, 3.8) is 0 Å². The number of hydrogen-bond donors (Lipinski definition) is 1. The van der Waals surface area contributed by atoms with Crippen molar-refractivity contribution in [1.82, 2.24) is 5.32 Å². The van der Waals surface area contributed by atoms with Gasteiger partial charge in [0.25, 0.3) is 5.91 Å². The molecule has 0 aromatic heterocycles. The average Bonchev–Trinajstić information content (AvgIpc) is 2.89. The summed E-state index contributed by atoms with van der Waals surface area (Å²) in [5, 5.41) is 2.65. The fourth-order valence-corrected chi connectivity index (χ4v) is 4.00. The Morgan fingerprint density at radius 3 is 1.93 bits per heavy atom. The SMILES string of the molecule is CC(=O)OC[C@@H]1O[C@H](OC(C)=O)[C@H](NC(=O)c2ccc(OCc3ccccc3)cc2)[C@H](OC(C)=O)[C@@H]1OC(C)=O. The van der Waals surface area contributed by atoms with Gasteiger partial charge >= 0.3 is 23.9 Å². The first-order valence-corrected chi connectivity index (χ1v) is 12.4. The monoisotopic (exact) mass is 557 g/mol. The zero-order chi connectivity index (χ0) is 29.2. The third-order valence-electron chi connectivity index (χ3n) is 5.65. The molecule has 12 heteroatoms. The minimum absolute atomic E-state index is 0.210. The summed E-state index contributed by atoms with van der Waals surface area (Å²) in [7, 11) is 0. The highest BCUT2D eigenvalue weighted by atomic mass is 16.7. The number of amides is 1. The van der Waals surface area contributed by atoms with Crippen molar-refractivity contribution in [2.75, 3.05) is 6.61 Å². The number of nitrogens with one attached hydrogen (secondary N) is 1. The van der Waals surface area contributed by atoms with Crippen LogP contribution < -0.4 is 10.1 Å². The van der Waals surface area contributed by atoms with Gasteiger partial charge in [0.05, 0.1) is 0 Å². The van der Waals surface area contributed by atoms with Gasteiger partial charge in [-0.25, -0.2) is 0 Å². The molecule has 1 heterocycles. The van der Waals surface area contributed by atoms with Gasteiger partial charge < -0.3 is 33.7 Å². The molecule has 1 saturated heterocycles. The topological polar surface area (TPSA) is 153 Å². The van der Waals surface area contributed by atoms with E-state index in [2.05, 4.69) is 5.32 Å². The molecule has 1 aliphatic heterocycles. The minimum Gasteiger partial charge on any atom is -0.489 e. The molecule has 3 rings (SSSR count). The highest BCUT2D eigenvalue weighted by Gasteiger charge is 2.52. The highest BCUT2D eigenvalue weighted by Crippen LogP contribution is 2.28. The zero-order valence-corrected chi connectivity index (χ0v) is 22.5. The van der Waals surface area contributed by atoms with Gasteiger partial charge in [0.1, 0.15) is 31.1 Å². The van der Waals surface area contributed by atoms with Gasteiger partial charge in [0.2, 0.25) is 6.29 Å². The van der Waals surface area contributed by atoms with Gasteiger partial charge in [-0.2, -0.15) is 0 Å². The second kappa shape index (κ2) is 14.1. The molecule has 1 amide bonds. The number of ether oxygens (including phenoxy) is 6. The minimum atomic E-state index is -1.48. The van der Waals surface area contributed by atoms with Gasteiger partial charge in [-0.15, -0.1) is 0 Å². The van der Waals surface area contributed by atoms with Crippen LogP contribution in [0.1, 0.15) is 43.6 Å². The molecule has 0 unspecified atom stereocenters. The van der Waals surface area contributed by atoms with E-state index in [0.29, 0.717) is 12.4 Å². The smallest absolute Gasteiger partial charge is 0.305 e. The molecular weight excluding hydrogens is 526 g/mol. The van der Waals surface area contributed by atoms with Crippen LogP contribution in [0.25, 0.3) is 0 Å². The van der Waals surface area contributed by atoms with E-state index in [1.54, 1.807) is 12.1 Å². The second-order valence-corrected chi connectivity index (χ2v) is 8.90. The molecule has 40 heavy (non-hydrogen) atoms. The van der Waals surface area contributed by atoms with Crippen LogP contribution in [0.4, 0.5) is 0 Å². The van der Waals surface area contributed by atoms with Gasteiger partial charge in [-0.05, 0) is 29.8 Å². The average molecular weight is 558 g/mol. The molecule has 0 radical (unpaired) electrons. The molecular formula is C28H31NO11. The number of esters is 4. The fourth-order valence-electron chi connectivity index (χ4n) is 4.00. The molecule has 0 aliphatic carbocycles. The van der Waals surface area contributed by atoms with Crippen LogP contribution in [-0.4, -0.2) is 67.0 Å². The predicted molar refractivity (Wildman–Crippen MR) is 137 cm³/mol. The molecule has 2 aromatic carbocycles. The van der Waals surface area contributed by atoms with Gasteiger partial charge in [0, 0.05) is 33.3 Å². The maximum absolute atomic E-state index is 13.2. The van der Waals surface area contributed by atoms with E-state index >= 15 is 0 Å². The summed E-state index contributed by atoms with van der Waals surface area (Å²) in [6.07, 6.45) is -5.34. The Hall–Kier alpha value is -4.45. The molecule has 2 aromatic rings. The van der Waals surface area contributed by atoms with Gasteiger partial charge in [-0.3, -0.25) is 24.0 Å². The lowest BCUT2D eigenvalue weighted by Gasteiger charge is -2.44. The number of hydrogen-bond acceptors (Lipinski definition) is 11. The van der Waals surface area contributed by atoms with Crippen LogP contribution >= 0.6 is 0 Å². The Morgan fingerprint density at radius 1 is 0.750 bits per heavy atom. The highest BCUT2D eigenvalue weighted by molar-refractivity contribution is 5.94. The number of benzene rings is 2. The Kier molecular flexibility index (Phi) is 10.6. The van der Waals surface area contributed by atoms with E-state index in [-0.39, 0.29) is 5.56 Å². The first-order chi connectivity index (χ1) is 19.0. The summed E-state index contributed by atoms with van der Waals surface area (Å²) in [5.74, 6) is -3.03. The molecule has 0 saturated carbocycles. The van der Waals surface area contributed by atoms with Crippen molar-refractivity contribution in [2.24, 2.45) is 0 Å². The summed E-state index contributed by atoms with van der Waals surface area (Å²) in [6, 6.07) is 14.5.